The van der Waals surface area contributed by atoms with Gasteiger partial charge in [0.1, 0.15) is 0 Å². The quantitative estimate of drug-likeness (QED) is 0.225. The van der Waals surface area contributed by atoms with Crippen LogP contribution in [0.4, 0.5) is 0 Å². The van der Waals surface area contributed by atoms with Crippen molar-refractivity contribution in [1.29, 1.82) is 0 Å². The molecule has 0 unspecified atom stereocenters. The fourth-order valence-electron chi connectivity index (χ4n) is 6.43. The van der Waals surface area contributed by atoms with Crippen LogP contribution < -0.4 is 0 Å². The summed E-state index contributed by atoms with van der Waals surface area (Å²) in [4.78, 5) is 4.51. The van der Waals surface area contributed by atoms with E-state index in [0.717, 1.165) is 11.2 Å². The van der Waals surface area contributed by atoms with E-state index in [1.54, 1.807) is 11.3 Å². The highest BCUT2D eigenvalue weighted by Crippen LogP contribution is 2.43. The molecule has 3 aromatic heterocycles. The minimum atomic E-state index is 1.05. The SMILES string of the molecule is c1ccc(-n2c3ccccc3c3ccc4ccc5c(c6ccccc6n5-c5ccc6ncsc6c5)c4c32)cc1. The maximum atomic E-state index is 4.51. The first kappa shape index (κ1) is 21.1. The van der Waals surface area contributed by atoms with Crippen LogP contribution in [0.3, 0.4) is 0 Å². The second-order valence-electron chi connectivity index (χ2n) is 10.1. The molecule has 9 rings (SSSR count). The van der Waals surface area contributed by atoms with Gasteiger partial charge < -0.3 is 9.13 Å². The molecule has 182 valence electrons. The third-order valence-electron chi connectivity index (χ3n) is 8.04. The number of benzene rings is 6. The van der Waals surface area contributed by atoms with E-state index in [-0.39, 0.29) is 0 Å². The number of aromatic nitrogens is 3. The number of fused-ring (bicyclic) bond motifs is 10. The van der Waals surface area contributed by atoms with E-state index in [1.807, 2.05) is 5.51 Å². The predicted octanol–water partition coefficient (Wildman–Crippen LogP) is 9.64. The van der Waals surface area contributed by atoms with Gasteiger partial charge in [-0.2, -0.15) is 0 Å². The summed E-state index contributed by atoms with van der Waals surface area (Å²) in [5, 5.41) is 7.64. The van der Waals surface area contributed by atoms with Gasteiger partial charge in [0.2, 0.25) is 0 Å². The summed E-state index contributed by atoms with van der Waals surface area (Å²) in [6.45, 7) is 0. The van der Waals surface area contributed by atoms with Gasteiger partial charge in [0.25, 0.3) is 0 Å². The Labute approximate surface area is 227 Å². The monoisotopic (exact) mass is 515 g/mol. The first-order chi connectivity index (χ1) is 19.4. The maximum Gasteiger partial charge on any atom is 0.0813 e. The second-order valence-corrected chi connectivity index (χ2v) is 11.0. The Kier molecular flexibility index (Phi) is 4.21. The fourth-order valence-corrected chi connectivity index (χ4v) is 7.14. The lowest BCUT2D eigenvalue weighted by Gasteiger charge is -2.12. The van der Waals surface area contributed by atoms with Crippen LogP contribution >= 0.6 is 11.3 Å². The summed E-state index contributed by atoms with van der Waals surface area (Å²) in [7, 11) is 0. The van der Waals surface area contributed by atoms with Gasteiger partial charge in [-0.3, -0.25) is 0 Å². The van der Waals surface area contributed by atoms with E-state index >= 15 is 0 Å². The minimum Gasteiger partial charge on any atom is -0.309 e. The van der Waals surface area contributed by atoms with Crippen molar-refractivity contribution in [2.75, 3.05) is 0 Å². The molecule has 0 fully saturated rings. The Balaban J connectivity index is 1.53. The average Bonchev–Trinajstić information content (AvgIpc) is 3.69. The van der Waals surface area contributed by atoms with Gasteiger partial charge in [0, 0.05) is 38.3 Å². The molecule has 0 amide bonds. The largest absolute Gasteiger partial charge is 0.309 e. The first-order valence-electron chi connectivity index (χ1n) is 13.1. The van der Waals surface area contributed by atoms with Crippen LogP contribution in [0.1, 0.15) is 0 Å². The van der Waals surface area contributed by atoms with Crippen molar-refractivity contribution in [3.63, 3.8) is 0 Å². The number of hydrogen-bond donors (Lipinski definition) is 0. The van der Waals surface area contributed by atoms with Crippen molar-refractivity contribution >= 4 is 75.9 Å². The second kappa shape index (κ2) is 7.79. The Morgan fingerprint density at radius 3 is 2.13 bits per heavy atom. The molecular weight excluding hydrogens is 494 g/mol. The predicted molar refractivity (Wildman–Crippen MR) is 166 cm³/mol. The lowest BCUT2D eigenvalue weighted by molar-refractivity contribution is 1.18. The summed E-state index contributed by atoms with van der Waals surface area (Å²) in [6, 6.07) is 44.1. The van der Waals surface area contributed by atoms with Crippen molar-refractivity contribution in [2.45, 2.75) is 0 Å². The smallest absolute Gasteiger partial charge is 0.0813 e. The molecule has 0 aliphatic carbocycles. The van der Waals surface area contributed by atoms with Gasteiger partial charge in [-0.05, 0) is 53.9 Å². The van der Waals surface area contributed by atoms with E-state index in [2.05, 4.69) is 135 Å². The van der Waals surface area contributed by atoms with Gasteiger partial charge in [0.05, 0.1) is 37.8 Å². The summed E-state index contributed by atoms with van der Waals surface area (Å²) in [6.07, 6.45) is 0. The van der Waals surface area contributed by atoms with Crippen LogP contribution in [0.15, 0.2) is 127 Å². The van der Waals surface area contributed by atoms with E-state index < -0.39 is 0 Å². The lowest BCUT2D eigenvalue weighted by atomic mass is 10.0. The van der Waals surface area contributed by atoms with E-state index in [9.17, 15) is 0 Å². The zero-order valence-electron chi connectivity index (χ0n) is 20.9. The summed E-state index contributed by atoms with van der Waals surface area (Å²) < 4.78 is 6.06. The molecule has 9 aromatic rings. The third kappa shape index (κ3) is 2.84. The van der Waals surface area contributed by atoms with Crippen molar-refractivity contribution in [2.24, 2.45) is 0 Å². The standard InChI is InChI=1S/C35H21N3S/c1-2-8-23(9-3-1)38-29-12-6-4-10-25(29)26-17-14-22-15-19-31-34(33(22)35(26)38)27-11-5-7-13-30(27)37(31)24-16-18-28-32(20-24)39-21-36-28/h1-21H. The molecule has 3 nitrogen and oxygen atoms in total. The van der Waals surface area contributed by atoms with Gasteiger partial charge in [-0.25, -0.2) is 4.98 Å². The van der Waals surface area contributed by atoms with Gasteiger partial charge in [-0.15, -0.1) is 11.3 Å². The van der Waals surface area contributed by atoms with Crippen LogP contribution in [-0.4, -0.2) is 14.1 Å². The molecule has 0 aliphatic heterocycles. The minimum absolute atomic E-state index is 1.05. The highest BCUT2D eigenvalue weighted by Gasteiger charge is 2.20. The van der Waals surface area contributed by atoms with Crippen LogP contribution in [0, 0.1) is 0 Å². The number of nitrogens with zero attached hydrogens (tertiary/aromatic N) is 3. The highest BCUT2D eigenvalue weighted by atomic mass is 32.1. The Morgan fingerprint density at radius 2 is 1.26 bits per heavy atom. The molecule has 0 N–H and O–H groups in total. The first-order valence-corrected chi connectivity index (χ1v) is 14.0. The Bertz CT molecular complexity index is 2390. The van der Waals surface area contributed by atoms with Crippen LogP contribution in [0.5, 0.6) is 0 Å². The fraction of sp³-hybridized carbons (Fsp3) is 0. The van der Waals surface area contributed by atoms with E-state index in [0.29, 0.717) is 0 Å². The molecule has 39 heavy (non-hydrogen) atoms. The molecule has 0 radical (unpaired) electrons. The molecule has 3 heterocycles. The zero-order valence-corrected chi connectivity index (χ0v) is 21.7. The molecule has 0 bridgehead atoms. The van der Waals surface area contributed by atoms with E-state index in [1.165, 1.54) is 64.8 Å². The number of thiazole rings is 1. The van der Waals surface area contributed by atoms with Gasteiger partial charge >= 0.3 is 0 Å². The van der Waals surface area contributed by atoms with Crippen molar-refractivity contribution < 1.29 is 0 Å². The molecule has 6 aromatic carbocycles. The Morgan fingerprint density at radius 1 is 0.513 bits per heavy atom. The summed E-state index contributed by atoms with van der Waals surface area (Å²) in [5.74, 6) is 0. The van der Waals surface area contributed by atoms with Crippen LogP contribution in [0.25, 0.3) is 76.0 Å². The number of hydrogen-bond acceptors (Lipinski definition) is 2. The molecule has 4 heteroatoms. The van der Waals surface area contributed by atoms with Crippen molar-refractivity contribution in [3.05, 3.63) is 127 Å². The van der Waals surface area contributed by atoms with Crippen LogP contribution in [0.2, 0.25) is 0 Å². The molecule has 0 spiro atoms. The van der Waals surface area contributed by atoms with Gasteiger partial charge in [0.15, 0.2) is 0 Å². The molecule has 0 aliphatic rings. The molecular formula is C35H21N3S. The van der Waals surface area contributed by atoms with Gasteiger partial charge in [-0.1, -0.05) is 72.8 Å². The maximum absolute atomic E-state index is 4.51. The van der Waals surface area contributed by atoms with Crippen molar-refractivity contribution in [3.8, 4) is 11.4 Å². The summed E-state index contributed by atoms with van der Waals surface area (Å²) in [5.41, 5.74) is 10.2. The van der Waals surface area contributed by atoms with E-state index in [4.69, 9.17) is 0 Å². The molecule has 0 saturated heterocycles. The number of rotatable bonds is 2. The number of para-hydroxylation sites is 3. The topological polar surface area (TPSA) is 22.8 Å². The third-order valence-corrected chi connectivity index (χ3v) is 8.83. The van der Waals surface area contributed by atoms with Crippen LogP contribution in [-0.2, 0) is 0 Å². The summed E-state index contributed by atoms with van der Waals surface area (Å²) >= 11 is 1.69. The highest BCUT2D eigenvalue weighted by molar-refractivity contribution is 7.16. The molecule has 0 atom stereocenters. The molecule has 0 saturated carbocycles. The normalized spacial score (nSPS) is 12.1. The average molecular weight is 516 g/mol. The zero-order chi connectivity index (χ0) is 25.5. The Hall–Kier alpha value is -4.93. The van der Waals surface area contributed by atoms with Crippen molar-refractivity contribution in [1.82, 2.24) is 14.1 Å². The lowest BCUT2D eigenvalue weighted by Crippen LogP contribution is -1.95.